The molecule has 11 heavy (non-hydrogen) atoms. The second kappa shape index (κ2) is 4.73. The second-order valence-electron chi connectivity index (χ2n) is 2.73. The third-order valence-corrected chi connectivity index (χ3v) is 1.98. The summed E-state index contributed by atoms with van der Waals surface area (Å²) in [5.74, 6) is 0. The number of allylic oxidation sites excluding steroid dienone is 2. The van der Waals surface area contributed by atoms with Crippen LogP contribution in [0, 0.1) is 16.7 Å². The maximum Gasteiger partial charge on any atom is 0.0696 e. The molecule has 0 bridgehead atoms. The molecule has 0 aliphatic rings. The SMILES string of the molecule is C=CCC(C#N)(CC)CC=C. The lowest BCUT2D eigenvalue weighted by atomic mass is 9.80. The largest absolute Gasteiger partial charge is 0.198 e. The Bertz CT molecular complexity index is 164. The van der Waals surface area contributed by atoms with E-state index in [2.05, 4.69) is 19.2 Å². The summed E-state index contributed by atoms with van der Waals surface area (Å²) in [5.41, 5.74) is -0.247. The van der Waals surface area contributed by atoms with Crippen LogP contribution in [0.15, 0.2) is 25.3 Å². The van der Waals surface area contributed by atoms with E-state index < -0.39 is 0 Å². The minimum atomic E-state index is -0.247. The summed E-state index contributed by atoms with van der Waals surface area (Å²) in [6.07, 6.45) is 5.98. The summed E-state index contributed by atoms with van der Waals surface area (Å²) in [5, 5.41) is 8.89. The molecule has 0 aromatic rings. The summed E-state index contributed by atoms with van der Waals surface area (Å²) < 4.78 is 0. The van der Waals surface area contributed by atoms with Crippen molar-refractivity contribution >= 4 is 0 Å². The zero-order chi connectivity index (χ0) is 8.74. The summed E-state index contributed by atoms with van der Waals surface area (Å²) in [6, 6.07) is 2.32. The quantitative estimate of drug-likeness (QED) is 0.551. The molecule has 0 fully saturated rings. The number of nitriles is 1. The van der Waals surface area contributed by atoms with Gasteiger partial charge in [0.2, 0.25) is 0 Å². The van der Waals surface area contributed by atoms with Crippen molar-refractivity contribution in [3.05, 3.63) is 25.3 Å². The Morgan fingerprint density at radius 2 is 1.82 bits per heavy atom. The van der Waals surface area contributed by atoms with Gasteiger partial charge in [-0.3, -0.25) is 0 Å². The van der Waals surface area contributed by atoms with Crippen molar-refractivity contribution in [1.29, 1.82) is 5.26 Å². The van der Waals surface area contributed by atoms with Gasteiger partial charge >= 0.3 is 0 Å². The normalized spacial score (nSPS) is 10.2. The molecule has 0 heterocycles. The fourth-order valence-corrected chi connectivity index (χ4v) is 1.09. The first-order chi connectivity index (χ1) is 5.24. The van der Waals surface area contributed by atoms with Gasteiger partial charge in [0.05, 0.1) is 11.5 Å². The highest BCUT2D eigenvalue weighted by Gasteiger charge is 2.24. The van der Waals surface area contributed by atoms with Crippen molar-refractivity contribution in [3.8, 4) is 6.07 Å². The van der Waals surface area contributed by atoms with Crippen molar-refractivity contribution < 1.29 is 0 Å². The Balaban J connectivity index is 4.33. The van der Waals surface area contributed by atoms with Crippen LogP contribution in [0.1, 0.15) is 26.2 Å². The van der Waals surface area contributed by atoms with Crippen molar-refractivity contribution in [2.45, 2.75) is 26.2 Å². The first kappa shape index (κ1) is 9.97. The molecule has 0 radical (unpaired) electrons. The summed E-state index contributed by atoms with van der Waals surface area (Å²) in [4.78, 5) is 0. The first-order valence-electron chi connectivity index (χ1n) is 3.87. The number of nitrogens with zero attached hydrogens (tertiary/aromatic N) is 1. The molecule has 0 saturated heterocycles. The molecule has 0 amide bonds. The zero-order valence-electron chi connectivity index (χ0n) is 7.14. The third kappa shape index (κ3) is 2.59. The van der Waals surface area contributed by atoms with Crippen molar-refractivity contribution in [1.82, 2.24) is 0 Å². The molecule has 0 spiro atoms. The van der Waals surface area contributed by atoms with Crippen LogP contribution in [-0.2, 0) is 0 Å². The first-order valence-corrected chi connectivity index (χ1v) is 3.87. The van der Waals surface area contributed by atoms with E-state index in [9.17, 15) is 0 Å². The van der Waals surface area contributed by atoms with Gasteiger partial charge in [-0.25, -0.2) is 0 Å². The van der Waals surface area contributed by atoms with Gasteiger partial charge in [0.15, 0.2) is 0 Å². The van der Waals surface area contributed by atoms with Crippen LogP contribution in [0.3, 0.4) is 0 Å². The van der Waals surface area contributed by atoms with Crippen LogP contribution in [0.2, 0.25) is 0 Å². The molecule has 0 aromatic carbocycles. The van der Waals surface area contributed by atoms with Crippen LogP contribution in [0.25, 0.3) is 0 Å². The minimum Gasteiger partial charge on any atom is -0.198 e. The van der Waals surface area contributed by atoms with Gasteiger partial charge in [0, 0.05) is 0 Å². The van der Waals surface area contributed by atoms with Crippen molar-refractivity contribution in [2.24, 2.45) is 5.41 Å². The van der Waals surface area contributed by atoms with Gasteiger partial charge in [-0.2, -0.15) is 5.26 Å². The van der Waals surface area contributed by atoms with Gasteiger partial charge in [0.1, 0.15) is 0 Å². The van der Waals surface area contributed by atoms with Gasteiger partial charge in [-0.15, -0.1) is 13.2 Å². The highest BCUT2D eigenvalue weighted by molar-refractivity contribution is 5.04. The lowest BCUT2D eigenvalue weighted by molar-refractivity contribution is 0.391. The summed E-state index contributed by atoms with van der Waals surface area (Å²) in [6.45, 7) is 9.30. The van der Waals surface area contributed by atoms with E-state index in [-0.39, 0.29) is 5.41 Å². The molecular formula is C10H15N. The zero-order valence-corrected chi connectivity index (χ0v) is 7.14. The fourth-order valence-electron chi connectivity index (χ4n) is 1.09. The number of hydrogen-bond acceptors (Lipinski definition) is 1. The summed E-state index contributed by atoms with van der Waals surface area (Å²) in [7, 11) is 0. The van der Waals surface area contributed by atoms with Crippen molar-refractivity contribution in [2.75, 3.05) is 0 Å². The van der Waals surface area contributed by atoms with E-state index in [0.29, 0.717) is 0 Å². The highest BCUT2D eigenvalue weighted by atomic mass is 14.4. The van der Waals surface area contributed by atoms with Crippen LogP contribution in [0.5, 0.6) is 0 Å². The van der Waals surface area contributed by atoms with Gasteiger partial charge in [-0.1, -0.05) is 19.1 Å². The molecule has 1 heteroatoms. The lowest BCUT2D eigenvalue weighted by Crippen LogP contribution is -2.14. The molecule has 0 aliphatic carbocycles. The summed E-state index contributed by atoms with van der Waals surface area (Å²) >= 11 is 0. The standard InChI is InChI=1S/C10H15N/c1-4-7-10(6-3,9-11)8-5-2/h4-5H,1-2,6-8H2,3H3. The molecule has 0 saturated carbocycles. The number of rotatable bonds is 5. The van der Waals surface area contributed by atoms with Gasteiger partial charge in [-0.05, 0) is 19.3 Å². The van der Waals surface area contributed by atoms with Crippen LogP contribution >= 0.6 is 0 Å². The van der Waals surface area contributed by atoms with Gasteiger partial charge in [0.25, 0.3) is 0 Å². The molecular weight excluding hydrogens is 134 g/mol. The Morgan fingerprint density at radius 1 is 1.36 bits per heavy atom. The minimum absolute atomic E-state index is 0.247. The number of hydrogen-bond donors (Lipinski definition) is 0. The Kier molecular flexibility index (Phi) is 4.29. The Morgan fingerprint density at radius 3 is 2.00 bits per heavy atom. The molecule has 0 aliphatic heterocycles. The van der Waals surface area contributed by atoms with Gasteiger partial charge < -0.3 is 0 Å². The third-order valence-electron chi connectivity index (χ3n) is 1.98. The lowest BCUT2D eigenvalue weighted by Gasteiger charge is -2.20. The van der Waals surface area contributed by atoms with Crippen LogP contribution < -0.4 is 0 Å². The second-order valence-corrected chi connectivity index (χ2v) is 2.73. The van der Waals surface area contributed by atoms with E-state index >= 15 is 0 Å². The van der Waals surface area contributed by atoms with E-state index in [0.717, 1.165) is 19.3 Å². The highest BCUT2D eigenvalue weighted by Crippen LogP contribution is 2.30. The fraction of sp³-hybridized carbons (Fsp3) is 0.500. The van der Waals surface area contributed by atoms with Crippen LogP contribution in [-0.4, -0.2) is 0 Å². The van der Waals surface area contributed by atoms with E-state index in [1.165, 1.54) is 0 Å². The maximum atomic E-state index is 8.89. The predicted molar refractivity (Wildman–Crippen MR) is 48.0 cm³/mol. The predicted octanol–water partition coefficient (Wildman–Crippen LogP) is 3.06. The molecule has 0 atom stereocenters. The molecule has 1 nitrogen and oxygen atoms in total. The molecule has 0 N–H and O–H groups in total. The molecule has 0 unspecified atom stereocenters. The monoisotopic (exact) mass is 149 g/mol. The average Bonchev–Trinajstić information content (AvgIpc) is 2.04. The molecule has 60 valence electrons. The van der Waals surface area contributed by atoms with Crippen LogP contribution in [0.4, 0.5) is 0 Å². The van der Waals surface area contributed by atoms with E-state index in [4.69, 9.17) is 5.26 Å². The van der Waals surface area contributed by atoms with Crippen molar-refractivity contribution in [3.63, 3.8) is 0 Å². The molecule has 0 rings (SSSR count). The van der Waals surface area contributed by atoms with E-state index in [1.54, 1.807) is 12.2 Å². The Labute approximate surface area is 69.0 Å². The smallest absolute Gasteiger partial charge is 0.0696 e. The van der Waals surface area contributed by atoms with E-state index in [1.807, 2.05) is 6.92 Å². The molecule has 0 aromatic heterocycles. The topological polar surface area (TPSA) is 23.8 Å². The Hall–Kier alpha value is -1.03. The average molecular weight is 149 g/mol. The maximum absolute atomic E-state index is 8.89.